The summed E-state index contributed by atoms with van der Waals surface area (Å²) >= 11 is 0. The van der Waals surface area contributed by atoms with Crippen molar-refractivity contribution in [2.75, 3.05) is 19.8 Å². The van der Waals surface area contributed by atoms with E-state index in [1.165, 1.54) is 18.6 Å². The van der Waals surface area contributed by atoms with E-state index in [0.717, 1.165) is 109 Å². The van der Waals surface area contributed by atoms with Gasteiger partial charge in [0.2, 0.25) is 0 Å². The second-order valence-electron chi connectivity index (χ2n) is 13.0. The Bertz CT molecular complexity index is 941. The van der Waals surface area contributed by atoms with E-state index in [0.29, 0.717) is 31.7 Å². The third kappa shape index (κ3) is 17.2. The van der Waals surface area contributed by atoms with E-state index in [9.17, 15) is 14.4 Å². The Labute approximate surface area is 275 Å². The van der Waals surface area contributed by atoms with Crippen molar-refractivity contribution in [3.8, 4) is 0 Å². The van der Waals surface area contributed by atoms with E-state index in [4.69, 9.17) is 14.2 Å². The molecule has 1 rings (SSSR count). The van der Waals surface area contributed by atoms with Gasteiger partial charge in [-0.2, -0.15) is 0 Å². The van der Waals surface area contributed by atoms with E-state index in [2.05, 4.69) is 41.5 Å². The fraction of sp³-hybridized carbons (Fsp3) is 0.769. The fourth-order valence-electron chi connectivity index (χ4n) is 6.04. The van der Waals surface area contributed by atoms with Crippen molar-refractivity contribution in [2.45, 2.75) is 157 Å². The van der Waals surface area contributed by atoms with Crippen LogP contribution in [0, 0.1) is 17.8 Å². The van der Waals surface area contributed by atoms with Crippen LogP contribution >= 0.6 is 0 Å². The first-order chi connectivity index (χ1) is 21.8. The Morgan fingerprint density at radius 1 is 0.467 bits per heavy atom. The molecule has 1 aromatic carbocycles. The standard InChI is InChI=1S/C39H66O6/c1-7-13-16-22-31(19-10-4)28-43-37(40)34-25-26-35(38(41)44-29-32(20-11-5)23-17-14-8-2)36(27-34)39(42)45-30-33(21-12-6)24-18-15-9-3/h25-27,31-33H,7-24,28-30H2,1-6H3. The van der Waals surface area contributed by atoms with Gasteiger partial charge in [0, 0.05) is 0 Å². The molecule has 0 fully saturated rings. The molecule has 0 amide bonds. The molecule has 0 saturated carbocycles. The normalized spacial score (nSPS) is 13.2. The Hall–Kier alpha value is -2.37. The Morgan fingerprint density at radius 2 is 0.844 bits per heavy atom. The van der Waals surface area contributed by atoms with Gasteiger partial charge in [0.15, 0.2) is 0 Å². The topological polar surface area (TPSA) is 78.9 Å². The second-order valence-corrected chi connectivity index (χ2v) is 13.0. The number of carbonyl (C=O) groups excluding carboxylic acids is 3. The maximum absolute atomic E-state index is 13.5. The van der Waals surface area contributed by atoms with Crippen LogP contribution in [0.2, 0.25) is 0 Å². The first kappa shape index (κ1) is 40.7. The monoisotopic (exact) mass is 630 g/mol. The average molecular weight is 631 g/mol. The van der Waals surface area contributed by atoms with Crippen molar-refractivity contribution in [3.63, 3.8) is 0 Å². The summed E-state index contributed by atoms with van der Waals surface area (Å²) < 4.78 is 17.3. The highest BCUT2D eigenvalue weighted by molar-refractivity contribution is 6.05. The lowest BCUT2D eigenvalue weighted by Crippen LogP contribution is -2.21. The summed E-state index contributed by atoms with van der Waals surface area (Å²) in [5.74, 6) is -0.740. The number of benzene rings is 1. The van der Waals surface area contributed by atoms with Gasteiger partial charge in [0.05, 0.1) is 36.5 Å². The maximum Gasteiger partial charge on any atom is 0.339 e. The van der Waals surface area contributed by atoms with Crippen molar-refractivity contribution >= 4 is 17.9 Å². The minimum atomic E-state index is -0.593. The fourth-order valence-corrected chi connectivity index (χ4v) is 6.04. The third-order valence-electron chi connectivity index (χ3n) is 8.78. The molecule has 0 aliphatic rings. The number of hydrogen-bond donors (Lipinski definition) is 0. The quantitative estimate of drug-likeness (QED) is 0.0546. The molecule has 1 aromatic rings. The van der Waals surface area contributed by atoms with E-state index in [1.54, 1.807) is 6.07 Å². The predicted molar refractivity (Wildman–Crippen MR) is 185 cm³/mol. The first-order valence-corrected chi connectivity index (χ1v) is 18.5. The van der Waals surface area contributed by atoms with Crippen molar-refractivity contribution < 1.29 is 28.6 Å². The molecule has 45 heavy (non-hydrogen) atoms. The minimum absolute atomic E-state index is 0.0735. The highest BCUT2D eigenvalue weighted by Gasteiger charge is 2.24. The molecule has 0 spiro atoms. The summed E-state index contributed by atoms with van der Waals surface area (Å²) in [6.07, 6.45) is 19.4. The highest BCUT2D eigenvalue weighted by atomic mass is 16.5. The van der Waals surface area contributed by atoms with Crippen LogP contribution in [-0.4, -0.2) is 37.7 Å². The van der Waals surface area contributed by atoms with Crippen LogP contribution in [0.15, 0.2) is 18.2 Å². The summed E-state index contributed by atoms with van der Waals surface area (Å²) in [5.41, 5.74) is 0.463. The Kier molecular flexibility index (Phi) is 23.3. The van der Waals surface area contributed by atoms with E-state index >= 15 is 0 Å². The SMILES string of the molecule is CCCCCC(CCC)COC(=O)c1ccc(C(=O)OCC(CCC)CCCCC)c(C(=O)OCC(CCC)CCCCC)c1. The third-order valence-corrected chi connectivity index (χ3v) is 8.78. The number of esters is 3. The van der Waals surface area contributed by atoms with Crippen LogP contribution in [-0.2, 0) is 14.2 Å². The zero-order valence-corrected chi connectivity index (χ0v) is 29.8. The minimum Gasteiger partial charge on any atom is -0.462 e. The molecule has 0 aliphatic heterocycles. The van der Waals surface area contributed by atoms with E-state index < -0.39 is 17.9 Å². The van der Waals surface area contributed by atoms with E-state index in [-0.39, 0.29) is 22.6 Å². The number of hydrogen-bond acceptors (Lipinski definition) is 6. The number of rotatable bonds is 27. The van der Waals surface area contributed by atoms with Crippen LogP contribution < -0.4 is 0 Å². The van der Waals surface area contributed by atoms with Crippen molar-refractivity contribution in [1.82, 2.24) is 0 Å². The van der Waals surface area contributed by atoms with Gasteiger partial charge in [0.25, 0.3) is 0 Å². The zero-order chi connectivity index (χ0) is 33.3. The molecule has 0 N–H and O–H groups in total. The molecule has 0 heterocycles. The number of carbonyl (C=O) groups is 3. The first-order valence-electron chi connectivity index (χ1n) is 18.5. The van der Waals surface area contributed by atoms with Gasteiger partial charge < -0.3 is 14.2 Å². The summed E-state index contributed by atoms with van der Waals surface area (Å²) in [6.45, 7) is 14.0. The van der Waals surface area contributed by atoms with Crippen molar-refractivity contribution in [3.05, 3.63) is 34.9 Å². The molecular formula is C39H66O6. The number of ether oxygens (including phenoxy) is 3. The average Bonchev–Trinajstić information content (AvgIpc) is 3.04. The highest BCUT2D eigenvalue weighted by Crippen LogP contribution is 2.23. The van der Waals surface area contributed by atoms with Gasteiger partial charge in [-0.05, 0) is 74.5 Å². The summed E-state index contributed by atoms with van der Waals surface area (Å²) in [5, 5.41) is 0. The lowest BCUT2D eigenvalue weighted by Gasteiger charge is -2.19. The van der Waals surface area contributed by atoms with Gasteiger partial charge >= 0.3 is 17.9 Å². The summed E-state index contributed by atoms with van der Waals surface area (Å²) in [4.78, 5) is 40.0. The van der Waals surface area contributed by atoms with Crippen LogP contribution in [0.3, 0.4) is 0 Å². The molecule has 3 atom stereocenters. The lowest BCUT2D eigenvalue weighted by atomic mass is 9.97. The smallest absolute Gasteiger partial charge is 0.339 e. The van der Waals surface area contributed by atoms with Crippen LogP contribution in [0.4, 0.5) is 0 Å². The second kappa shape index (κ2) is 25.8. The van der Waals surface area contributed by atoms with E-state index in [1.807, 2.05) is 0 Å². The van der Waals surface area contributed by atoms with Gasteiger partial charge in [0.1, 0.15) is 0 Å². The zero-order valence-electron chi connectivity index (χ0n) is 29.8. The summed E-state index contributed by atoms with van der Waals surface area (Å²) in [7, 11) is 0. The molecule has 3 unspecified atom stereocenters. The van der Waals surface area contributed by atoms with Crippen LogP contribution in [0.1, 0.15) is 188 Å². The molecule has 0 aliphatic carbocycles. The van der Waals surface area contributed by atoms with Gasteiger partial charge in [-0.25, -0.2) is 14.4 Å². The molecule has 0 bridgehead atoms. The van der Waals surface area contributed by atoms with Gasteiger partial charge in [-0.15, -0.1) is 0 Å². The maximum atomic E-state index is 13.5. The molecule has 6 heteroatoms. The van der Waals surface area contributed by atoms with Crippen molar-refractivity contribution in [1.29, 1.82) is 0 Å². The molecule has 258 valence electrons. The molecule has 6 nitrogen and oxygen atoms in total. The Balaban J connectivity index is 3.15. The molecule has 0 radical (unpaired) electrons. The van der Waals surface area contributed by atoms with Crippen molar-refractivity contribution in [2.24, 2.45) is 17.8 Å². The van der Waals surface area contributed by atoms with Crippen LogP contribution in [0.5, 0.6) is 0 Å². The lowest BCUT2D eigenvalue weighted by molar-refractivity contribution is 0.0374. The molecular weight excluding hydrogens is 564 g/mol. The largest absolute Gasteiger partial charge is 0.462 e. The molecule has 0 aromatic heterocycles. The molecule has 0 saturated heterocycles. The Morgan fingerprint density at radius 3 is 1.22 bits per heavy atom. The predicted octanol–water partition coefficient (Wildman–Crippen LogP) is 11.1. The number of unbranched alkanes of at least 4 members (excludes halogenated alkanes) is 6. The van der Waals surface area contributed by atoms with Crippen LogP contribution in [0.25, 0.3) is 0 Å². The summed E-state index contributed by atoms with van der Waals surface area (Å²) in [6, 6.07) is 4.55. The van der Waals surface area contributed by atoms with Gasteiger partial charge in [-0.1, -0.05) is 119 Å². The van der Waals surface area contributed by atoms with Gasteiger partial charge in [-0.3, -0.25) is 0 Å².